The molecule has 158 valence electrons. The second-order valence-electron chi connectivity index (χ2n) is 8.44. The van der Waals surface area contributed by atoms with E-state index in [4.69, 9.17) is 21.2 Å². The molecule has 0 saturated carbocycles. The molecule has 1 heterocycles. The van der Waals surface area contributed by atoms with Gasteiger partial charge < -0.3 is 21.5 Å². The third-order valence-corrected chi connectivity index (χ3v) is 4.90. The lowest BCUT2D eigenvalue weighted by Crippen LogP contribution is -2.28. The fourth-order valence-corrected chi connectivity index (χ4v) is 2.81. The standard InChI is InChI=1S/C23H34N4O2/c1-6-7-12-29-22-17(9-11-20(27-22)23(3,4)5)14-26-21(28)15(2)16-8-10-18(24)19(25)13-16/h8-11,13,15H,6-7,12,14,24-25H2,1-5H3,(H,26,28). The number of rotatable bonds is 8. The molecule has 1 amide bonds. The van der Waals surface area contributed by atoms with E-state index in [2.05, 4.69) is 33.0 Å². The van der Waals surface area contributed by atoms with E-state index >= 15 is 0 Å². The molecule has 1 aromatic heterocycles. The quantitative estimate of drug-likeness (QED) is 0.458. The minimum absolute atomic E-state index is 0.0752. The van der Waals surface area contributed by atoms with E-state index in [0.29, 0.717) is 30.4 Å². The van der Waals surface area contributed by atoms with Gasteiger partial charge in [0.15, 0.2) is 0 Å². The van der Waals surface area contributed by atoms with Crippen molar-refractivity contribution in [2.45, 2.75) is 65.3 Å². The third-order valence-electron chi connectivity index (χ3n) is 4.90. The molecule has 1 aromatic carbocycles. The number of nitrogen functional groups attached to an aromatic ring is 2. The number of carbonyl (C=O) groups excluding carboxylic acids is 1. The van der Waals surface area contributed by atoms with Crippen LogP contribution in [-0.2, 0) is 16.8 Å². The number of unbranched alkanes of at least 4 members (excludes halogenated alkanes) is 1. The molecule has 0 aliphatic rings. The van der Waals surface area contributed by atoms with E-state index in [9.17, 15) is 4.79 Å². The van der Waals surface area contributed by atoms with Gasteiger partial charge in [-0.2, -0.15) is 0 Å². The predicted molar refractivity (Wildman–Crippen MR) is 119 cm³/mol. The minimum atomic E-state index is -0.343. The number of aromatic nitrogens is 1. The second-order valence-corrected chi connectivity index (χ2v) is 8.44. The second kappa shape index (κ2) is 9.63. The maximum Gasteiger partial charge on any atom is 0.227 e. The lowest BCUT2D eigenvalue weighted by Gasteiger charge is -2.20. The highest BCUT2D eigenvalue weighted by Crippen LogP contribution is 2.26. The SMILES string of the molecule is CCCCOc1nc(C(C)(C)C)ccc1CNC(=O)C(C)c1ccc(N)c(N)c1. The zero-order chi connectivity index (χ0) is 21.6. The van der Waals surface area contributed by atoms with Gasteiger partial charge >= 0.3 is 0 Å². The molecule has 0 fully saturated rings. The Hall–Kier alpha value is -2.76. The maximum absolute atomic E-state index is 12.7. The number of nitrogens with zero attached hydrogens (tertiary/aromatic N) is 1. The topological polar surface area (TPSA) is 103 Å². The monoisotopic (exact) mass is 398 g/mol. The van der Waals surface area contributed by atoms with Crippen LogP contribution in [0.1, 0.15) is 70.2 Å². The Morgan fingerprint density at radius 2 is 1.90 bits per heavy atom. The Bertz CT molecular complexity index is 843. The van der Waals surface area contributed by atoms with Crippen molar-refractivity contribution < 1.29 is 9.53 Å². The van der Waals surface area contributed by atoms with Gasteiger partial charge in [-0.15, -0.1) is 0 Å². The number of hydrogen-bond acceptors (Lipinski definition) is 5. The molecule has 2 rings (SSSR count). The molecule has 6 heteroatoms. The number of benzene rings is 1. The summed E-state index contributed by atoms with van der Waals surface area (Å²) in [5.41, 5.74) is 15.2. The highest BCUT2D eigenvalue weighted by atomic mass is 16.5. The summed E-state index contributed by atoms with van der Waals surface area (Å²) >= 11 is 0. The number of hydrogen-bond donors (Lipinski definition) is 3. The Morgan fingerprint density at radius 1 is 1.17 bits per heavy atom. The molecule has 6 nitrogen and oxygen atoms in total. The van der Waals surface area contributed by atoms with Gasteiger partial charge in [0.05, 0.1) is 23.9 Å². The highest BCUT2D eigenvalue weighted by molar-refractivity contribution is 5.84. The van der Waals surface area contributed by atoms with Crippen LogP contribution in [0.25, 0.3) is 0 Å². The molecule has 0 spiro atoms. The Labute approximate surface area is 174 Å². The van der Waals surface area contributed by atoms with Crippen LogP contribution in [0.4, 0.5) is 11.4 Å². The first-order valence-corrected chi connectivity index (χ1v) is 10.2. The van der Waals surface area contributed by atoms with Gasteiger partial charge in [0.2, 0.25) is 11.8 Å². The van der Waals surface area contributed by atoms with Crippen molar-refractivity contribution in [3.63, 3.8) is 0 Å². The molecule has 1 unspecified atom stereocenters. The van der Waals surface area contributed by atoms with E-state index in [1.165, 1.54) is 0 Å². The number of carbonyl (C=O) groups is 1. The van der Waals surface area contributed by atoms with Crippen LogP contribution in [-0.4, -0.2) is 17.5 Å². The average molecular weight is 399 g/mol. The summed E-state index contributed by atoms with van der Waals surface area (Å²) in [4.78, 5) is 17.4. The number of pyridine rings is 1. The summed E-state index contributed by atoms with van der Waals surface area (Å²) in [7, 11) is 0. The molecule has 0 aliphatic carbocycles. The van der Waals surface area contributed by atoms with Crippen LogP contribution in [0, 0.1) is 0 Å². The zero-order valence-corrected chi connectivity index (χ0v) is 18.2. The van der Waals surface area contributed by atoms with Crippen LogP contribution in [0.15, 0.2) is 30.3 Å². The predicted octanol–water partition coefficient (Wildman–Crippen LogP) is 4.14. The summed E-state index contributed by atoms with van der Waals surface area (Å²) in [6.45, 7) is 11.3. The molecule has 0 bridgehead atoms. The van der Waals surface area contributed by atoms with E-state index in [1.807, 2.05) is 25.1 Å². The van der Waals surface area contributed by atoms with Gasteiger partial charge in [-0.05, 0) is 37.1 Å². The number of nitrogens with two attached hydrogens (primary N) is 2. The molecular formula is C23H34N4O2. The lowest BCUT2D eigenvalue weighted by molar-refractivity contribution is -0.122. The molecule has 2 aromatic rings. The van der Waals surface area contributed by atoms with E-state index in [-0.39, 0.29) is 17.2 Å². The molecule has 5 N–H and O–H groups in total. The lowest BCUT2D eigenvalue weighted by atomic mass is 9.91. The summed E-state index contributed by atoms with van der Waals surface area (Å²) in [6.07, 6.45) is 2.01. The van der Waals surface area contributed by atoms with Crippen molar-refractivity contribution in [1.29, 1.82) is 0 Å². The number of nitrogens with one attached hydrogen (secondary N) is 1. The first-order valence-electron chi connectivity index (χ1n) is 10.2. The fourth-order valence-electron chi connectivity index (χ4n) is 2.81. The largest absolute Gasteiger partial charge is 0.477 e. The van der Waals surface area contributed by atoms with Crippen LogP contribution >= 0.6 is 0 Å². The first kappa shape index (κ1) is 22.5. The summed E-state index contributed by atoms with van der Waals surface area (Å²) in [6, 6.07) is 9.29. The number of amides is 1. The molecule has 0 radical (unpaired) electrons. The van der Waals surface area contributed by atoms with Gasteiger partial charge in [-0.1, -0.05) is 46.2 Å². The van der Waals surface area contributed by atoms with Crippen LogP contribution in [0.2, 0.25) is 0 Å². The summed E-state index contributed by atoms with van der Waals surface area (Å²) in [5, 5.41) is 2.99. The zero-order valence-electron chi connectivity index (χ0n) is 18.2. The van der Waals surface area contributed by atoms with Gasteiger partial charge in [0.25, 0.3) is 0 Å². The maximum atomic E-state index is 12.7. The van der Waals surface area contributed by atoms with Crippen LogP contribution < -0.4 is 21.5 Å². The van der Waals surface area contributed by atoms with E-state index in [1.54, 1.807) is 12.1 Å². The van der Waals surface area contributed by atoms with E-state index in [0.717, 1.165) is 29.7 Å². The van der Waals surface area contributed by atoms with Crippen molar-refractivity contribution in [3.05, 3.63) is 47.2 Å². The normalized spacial score (nSPS) is 12.4. The Balaban J connectivity index is 2.12. The number of ether oxygens (including phenoxy) is 1. The molecule has 29 heavy (non-hydrogen) atoms. The minimum Gasteiger partial charge on any atom is -0.477 e. The summed E-state index contributed by atoms with van der Waals surface area (Å²) in [5.74, 6) is 0.160. The third kappa shape index (κ3) is 6.11. The summed E-state index contributed by atoms with van der Waals surface area (Å²) < 4.78 is 5.93. The van der Waals surface area contributed by atoms with Crippen molar-refractivity contribution in [1.82, 2.24) is 10.3 Å². The fraction of sp³-hybridized carbons (Fsp3) is 0.478. The molecule has 0 aliphatic heterocycles. The molecular weight excluding hydrogens is 364 g/mol. The smallest absolute Gasteiger partial charge is 0.227 e. The van der Waals surface area contributed by atoms with E-state index < -0.39 is 0 Å². The highest BCUT2D eigenvalue weighted by Gasteiger charge is 2.20. The molecule has 0 saturated heterocycles. The first-order chi connectivity index (χ1) is 13.6. The van der Waals surface area contributed by atoms with Crippen molar-refractivity contribution in [3.8, 4) is 5.88 Å². The van der Waals surface area contributed by atoms with Crippen molar-refractivity contribution in [2.75, 3.05) is 18.1 Å². The van der Waals surface area contributed by atoms with Gasteiger partial charge in [0, 0.05) is 23.2 Å². The average Bonchev–Trinajstić information content (AvgIpc) is 2.67. The Kier molecular flexibility index (Phi) is 7.48. The Morgan fingerprint density at radius 3 is 2.52 bits per heavy atom. The van der Waals surface area contributed by atoms with Gasteiger partial charge in [-0.25, -0.2) is 4.98 Å². The number of anilines is 2. The van der Waals surface area contributed by atoms with Crippen LogP contribution in [0.3, 0.4) is 0 Å². The van der Waals surface area contributed by atoms with Gasteiger partial charge in [0.1, 0.15) is 0 Å². The van der Waals surface area contributed by atoms with Gasteiger partial charge in [-0.3, -0.25) is 4.79 Å². The van der Waals surface area contributed by atoms with Crippen molar-refractivity contribution >= 4 is 17.3 Å². The van der Waals surface area contributed by atoms with Crippen LogP contribution in [0.5, 0.6) is 5.88 Å². The molecule has 1 atom stereocenters. The van der Waals surface area contributed by atoms with Crippen molar-refractivity contribution in [2.24, 2.45) is 0 Å².